The maximum atomic E-state index is 11.3. The van der Waals surface area contributed by atoms with Crippen LogP contribution in [-0.4, -0.2) is 23.9 Å². The van der Waals surface area contributed by atoms with Gasteiger partial charge in [0.2, 0.25) is 5.76 Å². The monoisotopic (exact) mass is 369 g/mol. The molecular formula is C21H23NO5. The van der Waals surface area contributed by atoms with E-state index >= 15 is 0 Å². The van der Waals surface area contributed by atoms with Crippen molar-refractivity contribution < 1.29 is 24.2 Å². The smallest absolute Gasteiger partial charge is 0.375 e. The lowest BCUT2D eigenvalue weighted by Crippen LogP contribution is -2.10. The van der Waals surface area contributed by atoms with E-state index in [9.17, 15) is 9.90 Å². The second-order valence-corrected chi connectivity index (χ2v) is 5.74. The Hall–Kier alpha value is -3.28. The Balaban J connectivity index is 2.18. The molecule has 27 heavy (non-hydrogen) atoms. The Kier molecular flexibility index (Phi) is 7.43. The van der Waals surface area contributed by atoms with Crippen molar-refractivity contribution >= 4 is 11.7 Å². The van der Waals surface area contributed by atoms with Crippen LogP contribution >= 0.6 is 0 Å². The molecule has 0 saturated carbocycles. The molecule has 0 atom stereocenters. The molecule has 2 aromatic rings. The second-order valence-electron chi connectivity index (χ2n) is 5.74. The maximum absolute atomic E-state index is 11.3. The summed E-state index contributed by atoms with van der Waals surface area (Å²) in [6, 6.07) is 15.3. The fraction of sp³-hybridized carbons (Fsp3) is 0.238. The Morgan fingerprint density at radius 2 is 1.93 bits per heavy atom. The van der Waals surface area contributed by atoms with Crippen LogP contribution in [0.1, 0.15) is 30.5 Å². The van der Waals surface area contributed by atoms with Crippen LogP contribution in [0, 0.1) is 0 Å². The van der Waals surface area contributed by atoms with Gasteiger partial charge in [-0.2, -0.15) is 0 Å². The van der Waals surface area contributed by atoms with E-state index in [2.05, 4.69) is 5.16 Å². The molecule has 0 fully saturated rings. The molecule has 0 aromatic heterocycles. The SMILES string of the molecule is CCc1ccc(C(C)=NOCc2ccccc2)cc1OC(=COC)C(=O)O. The molecule has 0 aliphatic carbocycles. The summed E-state index contributed by atoms with van der Waals surface area (Å²) in [5.74, 6) is -1.06. The number of nitrogens with zero attached hydrogens (tertiary/aromatic N) is 1. The number of benzene rings is 2. The van der Waals surface area contributed by atoms with Gasteiger partial charge in [0.05, 0.1) is 12.8 Å². The van der Waals surface area contributed by atoms with E-state index in [1.807, 2.05) is 56.3 Å². The highest BCUT2D eigenvalue weighted by Crippen LogP contribution is 2.24. The first-order valence-corrected chi connectivity index (χ1v) is 8.53. The van der Waals surface area contributed by atoms with E-state index in [0.717, 1.165) is 23.0 Å². The molecule has 2 aromatic carbocycles. The van der Waals surface area contributed by atoms with E-state index in [1.165, 1.54) is 7.11 Å². The quantitative estimate of drug-likeness (QED) is 0.311. The molecule has 6 nitrogen and oxygen atoms in total. The topological polar surface area (TPSA) is 77.3 Å². The predicted octanol–water partition coefficient (Wildman–Crippen LogP) is 4.14. The molecule has 0 saturated heterocycles. The second kappa shape index (κ2) is 10.0. The standard InChI is InChI=1S/C21H23NO5/c1-4-17-10-11-18(12-19(17)27-20(14-25-3)21(23)24)15(2)22-26-13-16-8-6-5-7-9-16/h5-12,14H,4,13H2,1-3H3,(H,23,24). The van der Waals surface area contributed by atoms with Gasteiger partial charge in [-0.05, 0) is 30.5 Å². The molecular weight excluding hydrogens is 346 g/mol. The normalized spacial score (nSPS) is 11.8. The number of hydrogen-bond donors (Lipinski definition) is 1. The van der Waals surface area contributed by atoms with Crippen molar-refractivity contribution in [3.05, 3.63) is 77.2 Å². The summed E-state index contributed by atoms with van der Waals surface area (Å²) < 4.78 is 10.3. The van der Waals surface area contributed by atoms with Crippen LogP contribution < -0.4 is 4.74 Å². The lowest BCUT2D eigenvalue weighted by Gasteiger charge is -2.12. The summed E-state index contributed by atoms with van der Waals surface area (Å²) in [6.45, 7) is 4.15. The van der Waals surface area contributed by atoms with Crippen LogP contribution in [0.4, 0.5) is 0 Å². The highest BCUT2D eigenvalue weighted by molar-refractivity contribution is 5.98. The molecule has 0 spiro atoms. The van der Waals surface area contributed by atoms with Gasteiger partial charge >= 0.3 is 5.97 Å². The first-order chi connectivity index (χ1) is 13.0. The lowest BCUT2D eigenvalue weighted by atomic mass is 10.1. The third-order valence-electron chi connectivity index (χ3n) is 3.80. The van der Waals surface area contributed by atoms with Crippen LogP contribution in [0.15, 0.2) is 65.7 Å². The Morgan fingerprint density at radius 3 is 2.56 bits per heavy atom. The lowest BCUT2D eigenvalue weighted by molar-refractivity contribution is -0.135. The van der Waals surface area contributed by atoms with Gasteiger partial charge in [0, 0.05) is 5.56 Å². The van der Waals surface area contributed by atoms with Gasteiger partial charge in [0.1, 0.15) is 18.6 Å². The molecule has 142 valence electrons. The van der Waals surface area contributed by atoms with Crippen LogP contribution in [-0.2, 0) is 27.4 Å². The van der Waals surface area contributed by atoms with E-state index in [1.54, 1.807) is 6.07 Å². The number of aryl methyl sites for hydroxylation is 1. The Labute approximate surface area is 158 Å². The van der Waals surface area contributed by atoms with Crippen LogP contribution in [0.25, 0.3) is 0 Å². The number of oxime groups is 1. The molecule has 0 unspecified atom stereocenters. The largest absolute Gasteiger partial charge is 0.500 e. The van der Waals surface area contributed by atoms with Gasteiger partial charge in [0.15, 0.2) is 0 Å². The minimum absolute atomic E-state index is 0.292. The van der Waals surface area contributed by atoms with Crippen molar-refractivity contribution in [2.75, 3.05) is 7.11 Å². The highest BCUT2D eigenvalue weighted by atomic mass is 16.6. The zero-order valence-corrected chi connectivity index (χ0v) is 15.6. The van der Waals surface area contributed by atoms with Crippen molar-refractivity contribution in [1.29, 1.82) is 0 Å². The van der Waals surface area contributed by atoms with Gasteiger partial charge in [-0.1, -0.05) is 54.5 Å². The fourth-order valence-corrected chi connectivity index (χ4v) is 2.34. The summed E-state index contributed by atoms with van der Waals surface area (Å²) in [6.07, 6.45) is 1.74. The van der Waals surface area contributed by atoms with Crippen molar-refractivity contribution in [1.82, 2.24) is 0 Å². The Morgan fingerprint density at radius 1 is 1.19 bits per heavy atom. The number of aliphatic carboxylic acids is 1. The van der Waals surface area contributed by atoms with Crippen molar-refractivity contribution in [2.24, 2.45) is 5.16 Å². The summed E-state index contributed by atoms with van der Waals surface area (Å²) in [4.78, 5) is 16.7. The minimum atomic E-state index is -1.21. The number of carboxylic acid groups (broad SMARTS) is 1. The zero-order valence-electron chi connectivity index (χ0n) is 15.6. The predicted molar refractivity (Wildman–Crippen MR) is 103 cm³/mol. The third kappa shape index (κ3) is 5.88. The van der Waals surface area contributed by atoms with E-state index < -0.39 is 5.97 Å². The molecule has 1 N–H and O–H groups in total. The molecule has 2 rings (SSSR count). The van der Waals surface area contributed by atoms with Gasteiger partial charge in [-0.25, -0.2) is 4.79 Å². The minimum Gasteiger partial charge on any atom is -0.500 e. The molecule has 0 radical (unpaired) electrons. The third-order valence-corrected chi connectivity index (χ3v) is 3.80. The number of methoxy groups -OCH3 is 1. The van der Waals surface area contributed by atoms with Crippen molar-refractivity contribution in [2.45, 2.75) is 26.9 Å². The number of hydrogen-bond acceptors (Lipinski definition) is 5. The van der Waals surface area contributed by atoms with E-state index in [4.69, 9.17) is 14.3 Å². The molecule has 6 heteroatoms. The van der Waals surface area contributed by atoms with Gasteiger partial charge in [-0.3, -0.25) is 0 Å². The summed E-state index contributed by atoms with van der Waals surface area (Å²) >= 11 is 0. The van der Waals surface area contributed by atoms with Gasteiger partial charge in [-0.15, -0.1) is 0 Å². The van der Waals surface area contributed by atoms with Crippen molar-refractivity contribution in [3.8, 4) is 5.75 Å². The average Bonchev–Trinajstić information content (AvgIpc) is 2.68. The summed E-state index contributed by atoms with van der Waals surface area (Å²) in [5.41, 5.74) is 3.33. The molecule has 0 bridgehead atoms. The number of ether oxygens (including phenoxy) is 2. The maximum Gasteiger partial charge on any atom is 0.375 e. The number of carbonyl (C=O) groups is 1. The van der Waals surface area contributed by atoms with Crippen LogP contribution in [0.5, 0.6) is 5.75 Å². The van der Waals surface area contributed by atoms with Gasteiger partial charge in [0.25, 0.3) is 0 Å². The van der Waals surface area contributed by atoms with E-state index in [-0.39, 0.29) is 5.76 Å². The van der Waals surface area contributed by atoms with E-state index in [0.29, 0.717) is 24.5 Å². The zero-order chi connectivity index (χ0) is 19.6. The first-order valence-electron chi connectivity index (χ1n) is 8.53. The molecule has 0 amide bonds. The summed E-state index contributed by atoms with van der Waals surface area (Å²) in [7, 11) is 1.37. The highest BCUT2D eigenvalue weighted by Gasteiger charge is 2.14. The molecule has 0 heterocycles. The average molecular weight is 369 g/mol. The first kappa shape index (κ1) is 20.0. The van der Waals surface area contributed by atoms with Crippen LogP contribution in [0.2, 0.25) is 0 Å². The number of rotatable bonds is 9. The van der Waals surface area contributed by atoms with Gasteiger partial charge < -0.3 is 19.4 Å². The fourth-order valence-electron chi connectivity index (χ4n) is 2.34. The molecule has 0 aliphatic heterocycles. The molecule has 0 aliphatic rings. The summed E-state index contributed by atoms with van der Waals surface area (Å²) in [5, 5.41) is 13.4. The Bertz CT molecular complexity index is 828. The van der Waals surface area contributed by atoms with Crippen molar-refractivity contribution in [3.63, 3.8) is 0 Å². The van der Waals surface area contributed by atoms with Crippen LogP contribution in [0.3, 0.4) is 0 Å². The number of carboxylic acids is 1.